The van der Waals surface area contributed by atoms with Crippen molar-refractivity contribution in [2.45, 2.75) is 31.3 Å². The molecule has 0 radical (unpaired) electrons. The summed E-state index contributed by atoms with van der Waals surface area (Å²) in [5.74, 6) is -0.642. The number of amides is 2. The molecule has 0 spiro atoms. The Morgan fingerprint density at radius 3 is 2.71 bits per heavy atom. The zero-order valence-electron chi connectivity index (χ0n) is 11.9. The van der Waals surface area contributed by atoms with Crippen LogP contribution in [0.1, 0.15) is 30.3 Å². The van der Waals surface area contributed by atoms with Gasteiger partial charge in [-0.3, -0.25) is 9.59 Å². The number of nitrogens with one attached hydrogen (secondary N) is 2. The molecule has 21 heavy (non-hydrogen) atoms. The highest BCUT2D eigenvalue weighted by Gasteiger charge is 2.34. The van der Waals surface area contributed by atoms with E-state index in [2.05, 4.69) is 10.6 Å². The van der Waals surface area contributed by atoms with E-state index in [9.17, 15) is 14.7 Å². The van der Waals surface area contributed by atoms with Gasteiger partial charge in [-0.2, -0.15) is 0 Å². The van der Waals surface area contributed by atoms with E-state index in [0.29, 0.717) is 26.1 Å². The normalized spacial score (nSPS) is 18.8. The molecule has 1 fully saturated rings. The lowest BCUT2D eigenvalue weighted by atomic mass is 9.90. The van der Waals surface area contributed by atoms with Crippen LogP contribution < -0.4 is 10.6 Å². The molecule has 116 valence electrons. The van der Waals surface area contributed by atoms with E-state index < -0.39 is 17.5 Å². The number of carbonyl (C=O) groups is 2. The quantitative estimate of drug-likeness (QED) is 0.713. The molecular formula is C14H20N2O5. The van der Waals surface area contributed by atoms with Gasteiger partial charge in [-0.15, -0.1) is 0 Å². The van der Waals surface area contributed by atoms with Crippen molar-refractivity contribution in [2.24, 2.45) is 0 Å². The molecule has 1 aromatic rings. The van der Waals surface area contributed by atoms with Crippen LogP contribution in [0.2, 0.25) is 0 Å². The van der Waals surface area contributed by atoms with Gasteiger partial charge in [0.15, 0.2) is 5.76 Å². The zero-order chi connectivity index (χ0) is 15.3. The van der Waals surface area contributed by atoms with Crippen LogP contribution in [0.25, 0.3) is 0 Å². The molecule has 1 aromatic heterocycles. The minimum Gasteiger partial charge on any atom is -0.459 e. The fourth-order valence-electron chi connectivity index (χ4n) is 2.20. The number of carbonyl (C=O) groups excluding carboxylic acids is 2. The molecule has 1 saturated heterocycles. The van der Waals surface area contributed by atoms with Crippen LogP contribution in [0.5, 0.6) is 0 Å². The number of furan rings is 1. The number of aliphatic hydroxyl groups is 1. The van der Waals surface area contributed by atoms with Gasteiger partial charge in [-0.1, -0.05) is 0 Å². The van der Waals surface area contributed by atoms with Crippen LogP contribution in [0.15, 0.2) is 22.8 Å². The van der Waals surface area contributed by atoms with Crippen LogP contribution >= 0.6 is 0 Å². The predicted octanol–water partition coefficient (Wildman–Crippen LogP) is 0.0556. The Morgan fingerprint density at radius 1 is 1.43 bits per heavy atom. The van der Waals surface area contributed by atoms with Gasteiger partial charge in [0, 0.05) is 13.2 Å². The van der Waals surface area contributed by atoms with E-state index >= 15 is 0 Å². The molecule has 0 bridgehead atoms. The minimum atomic E-state index is -0.728. The van der Waals surface area contributed by atoms with Gasteiger partial charge in [-0.05, 0) is 31.9 Å². The summed E-state index contributed by atoms with van der Waals surface area (Å²) in [6, 6.07) is 2.39. The van der Waals surface area contributed by atoms with Gasteiger partial charge in [-0.25, -0.2) is 0 Å². The Balaban J connectivity index is 1.91. The highest BCUT2D eigenvalue weighted by atomic mass is 16.5. The molecule has 1 atom stereocenters. The Kier molecular flexibility index (Phi) is 4.98. The van der Waals surface area contributed by atoms with Gasteiger partial charge in [0.2, 0.25) is 5.91 Å². The molecule has 1 unspecified atom stereocenters. The van der Waals surface area contributed by atoms with E-state index in [1.807, 2.05) is 0 Å². The van der Waals surface area contributed by atoms with Gasteiger partial charge >= 0.3 is 0 Å². The molecule has 2 amide bonds. The third-order valence-corrected chi connectivity index (χ3v) is 3.63. The molecule has 7 heteroatoms. The molecule has 1 aliphatic rings. The standard InChI is InChI=1S/C14H20N2O5/c1-10(15-13(19)11-3-2-6-21-11)12(18)16-14(9-17)4-7-20-8-5-14/h2-3,6,10,17H,4-5,7-9H2,1H3,(H,15,19)(H,16,18). The lowest BCUT2D eigenvalue weighted by molar-refractivity contribution is -0.126. The summed E-state index contributed by atoms with van der Waals surface area (Å²) in [4.78, 5) is 24.0. The van der Waals surface area contributed by atoms with Gasteiger partial charge in [0.1, 0.15) is 6.04 Å². The van der Waals surface area contributed by atoms with Gasteiger partial charge in [0.25, 0.3) is 5.91 Å². The van der Waals surface area contributed by atoms with Gasteiger partial charge < -0.3 is 24.9 Å². The smallest absolute Gasteiger partial charge is 0.287 e. The highest BCUT2D eigenvalue weighted by molar-refractivity contribution is 5.95. The second-order valence-corrected chi connectivity index (χ2v) is 5.21. The van der Waals surface area contributed by atoms with E-state index in [-0.39, 0.29) is 18.3 Å². The molecule has 0 aromatic carbocycles. The van der Waals surface area contributed by atoms with Crippen molar-refractivity contribution in [3.8, 4) is 0 Å². The summed E-state index contributed by atoms with van der Waals surface area (Å²) in [6.45, 7) is 2.42. The first-order valence-corrected chi connectivity index (χ1v) is 6.91. The van der Waals surface area contributed by atoms with Crippen LogP contribution in [0, 0.1) is 0 Å². The number of rotatable bonds is 5. The summed E-state index contributed by atoms with van der Waals surface area (Å²) in [5.41, 5.74) is -0.668. The predicted molar refractivity (Wildman–Crippen MR) is 73.6 cm³/mol. The highest BCUT2D eigenvalue weighted by Crippen LogP contribution is 2.20. The summed E-state index contributed by atoms with van der Waals surface area (Å²) in [7, 11) is 0. The van der Waals surface area contributed by atoms with Crippen molar-refractivity contribution in [3.63, 3.8) is 0 Å². The molecule has 7 nitrogen and oxygen atoms in total. The maximum absolute atomic E-state index is 12.2. The molecule has 0 aliphatic carbocycles. The Hall–Kier alpha value is -1.86. The summed E-state index contributed by atoms with van der Waals surface area (Å²) < 4.78 is 10.2. The van der Waals surface area contributed by atoms with Crippen molar-refractivity contribution in [1.29, 1.82) is 0 Å². The number of ether oxygens (including phenoxy) is 1. The van der Waals surface area contributed by atoms with Crippen molar-refractivity contribution in [1.82, 2.24) is 10.6 Å². The SMILES string of the molecule is CC(NC(=O)c1ccco1)C(=O)NC1(CO)CCOCC1. The number of hydrogen-bond donors (Lipinski definition) is 3. The van der Waals surface area contributed by atoms with Crippen molar-refractivity contribution >= 4 is 11.8 Å². The van der Waals surface area contributed by atoms with Crippen molar-refractivity contribution < 1.29 is 23.8 Å². The number of hydrogen-bond acceptors (Lipinski definition) is 5. The maximum Gasteiger partial charge on any atom is 0.287 e. The topological polar surface area (TPSA) is 101 Å². The monoisotopic (exact) mass is 296 g/mol. The lowest BCUT2D eigenvalue weighted by Crippen LogP contribution is -2.58. The second kappa shape index (κ2) is 6.73. The molecule has 0 saturated carbocycles. The molecular weight excluding hydrogens is 276 g/mol. The zero-order valence-corrected chi connectivity index (χ0v) is 11.9. The van der Waals surface area contributed by atoms with E-state index in [1.54, 1.807) is 13.0 Å². The fraction of sp³-hybridized carbons (Fsp3) is 0.571. The maximum atomic E-state index is 12.2. The largest absolute Gasteiger partial charge is 0.459 e. The minimum absolute atomic E-state index is 0.151. The molecule has 1 aliphatic heterocycles. The molecule has 2 heterocycles. The summed E-state index contributed by atoms with van der Waals surface area (Å²) in [6.07, 6.45) is 2.49. The molecule has 2 rings (SSSR count). The first-order chi connectivity index (χ1) is 10.1. The van der Waals surface area contributed by atoms with Crippen molar-refractivity contribution in [2.75, 3.05) is 19.8 Å². The van der Waals surface area contributed by atoms with Crippen LogP contribution in [-0.4, -0.2) is 48.3 Å². The Bertz CT molecular complexity index is 480. The second-order valence-electron chi connectivity index (χ2n) is 5.21. The van der Waals surface area contributed by atoms with E-state index in [1.165, 1.54) is 12.3 Å². The summed E-state index contributed by atoms with van der Waals surface area (Å²) in [5, 5.41) is 14.9. The van der Waals surface area contributed by atoms with Crippen LogP contribution in [0.4, 0.5) is 0 Å². The Morgan fingerprint density at radius 2 is 2.14 bits per heavy atom. The average molecular weight is 296 g/mol. The first-order valence-electron chi connectivity index (χ1n) is 6.91. The Labute approximate surface area is 122 Å². The summed E-state index contributed by atoms with van der Waals surface area (Å²) >= 11 is 0. The third kappa shape index (κ3) is 3.83. The lowest BCUT2D eigenvalue weighted by Gasteiger charge is -2.37. The van der Waals surface area contributed by atoms with Crippen LogP contribution in [0.3, 0.4) is 0 Å². The van der Waals surface area contributed by atoms with Crippen LogP contribution in [-0.2, 0) is 9.53 Å². The number of aliphatic hydroxyl groups excluding tert-OH is 1. The van der Waals surface area contributed by atoms with Crippen molar-refractivity contribution in [3.05, 3.63) is 24.2 Å². The van der Waals surface area contributed by atoms with E-state index in [0.717, 1.165) is 0 Å². The average Bonchev–Trinajstić information content (AvgIpc) is 3.02. The molecule has 3 N–H and O–H groups in total. The van der Waals surface area contributed by atoms with E-state index in [4.69, 9.17) is 9.15 Å². The third-order valence-electron chi connectivity index (χ3n) is 3.63. The first kappa shape index (κ1) is 15.5. The van der Waals surface area contributed by atoms with Gasteiger partial charge in [0.05, 0.1) is 18.4 Å². The fourth-order valence-corrected chi connectivity index (χ4v) is 2.20.